The number of benzene rings is 9. The number of rotatable bonds is 13. The van der Waals surface area contributed by atoms with Crippen LogP contribution in [-0.4, -0.2) is 41.6 Å². The molecule has 1 radical (unpaired) electrons. The van der Waals surface area contributed by atoms with Gasteiger partial charge in [-0.15, -0.1) is 6.58 Å². The zero-order valence-electron chi connectivity index (χ0n) is 52.4. The van der Waals surface area contributed by atoms with Gasteiger partial charge >= 0.3 is 7.69 Å². The number of allylic oxidation sites excluding steroid dienone is 1. The van der Waals surface area contributed by atoms with E-state index in [0.29, 0.717) is 5.69 Å². The van der Waals surface area contributed by atoms with Crippen LogP contribution in [0.5, 0.6) is 0 Å². The van der Waals surface area contributed by atoms with Crippen molar-refractivity contribution in [2.75, 3.05) is 31.4 Å². The van der Waals surface area contributed by atoms with Gasteiger partial charge in [-0.05, 0) is 135 Å². The standard InChI is InChI=1S/C15H17N.C14H12N2O2.C8H7NO2.C8H9N.C8H10.2C7H7NO2.C3H6.C2H6BO2/c1-12-4-2-5-13(10-12)8-9-14-6-3-7-15(16)11-14;15-13-5-1-3-11(9-13)7-8-12-4-2-6-14(10-12)16(17)18;1-2-7-4-3-5-8(6-7)9(10)11;1-2-7-4-3-5-8(9)6-7;1-7-4-3-5-8(2)6-7;2*1-6-3-2-4-7(5-6)8(9)10;1-3-2;1-4-3-5-2/h2-7,10-11H,8-9,16H2,1H3;1-10H,15H2;2-6H,1H2;2-6H,1,9H2;3-6H,1-2H3;2*2-5H,1H3;3H,1H2,2H3;1-2H3. The van der Waals surface area contributed by atoms with Gasteiger partial charge in [-0.1, -0.05) is 194 Å². The SMILES string of the molecule is C=CC.C=Cc1cccc(N)c1.C=Cc1cccc([N+](=O)[O-])c1.CO[B]OC.Cc1cccc(C)c1.Cc1cccc(CCc2cccc(N)c2)c1.Cc1cccc([N+](=O)[O-])c1.Cc1cccc([N+](=O)[O-])c1.Nc1cccc(C=Cc2cccc([N+](=O)[O-])c2)c1. The average molecular weight is 1220 g/mol. The van der Waals surface area contributed by atoms with Crippen LogP contribution < -0.4 is 17.2 Å². The first-order valence-corrected chi connectivity index (χ1v) is 27.9. The highest BCUT2D eigenvalue weighted by Crippen LogP contribution is 2.18. The number of hydrogen-bond acceptors (Lipinski definition) is 13. The predicted molar refractivity (Wildman–Crippen MR) is 374 cm³/mol. The van der Waals surface area contributed by atoms with Crippen molar-refractivity contribution < 1.29 is 29.0 Å². The summed E-state index contributed by atoms with van der Waals surface area (Å²) in [5.74, 6) is 0. The highest BCUT2D eigenvalue weighted by atomic mass is 16.6. The van der Waals surface area contributed by atoms with Crippen LogP contribution in [0.25, 0.3) is 24.3 Å². The Bertz CT molecular complexity index is 3570. The Morgan fingerprint density at radius 1 is 0.378 bits per heavy atom. The lowest BCUT2D eigenvalue weighted by Gasteiger charge is -2.04. The molecule has 0 fully saturated rings. The third-order valence-corrected chi connectivity index (χ3v) is 11.4. The van der Waals surface area contributed by atoms with E-state index in [1.807, 2.05) is 112 Å². The van der Waals surface area contributed by atoms with Crippen molar-refractivity contribution in [1.82, 2.24) is 0 Å². The fourth-order valence-corrected chi connectivity index (χ4v) is 7.34. The summed E-state index contributed by atoms with van der Waals surface area (Å²) in [4.78, 5) is 39.6. The molecule has 6 N–H and O–H groups in total. The van der Waals surface area contributed by atoms with Crippen LogP contribution in [0, 0.1) is 75.1 Å². The number of nitrogen functional groups attached to an aromatic ring is 3. The first-order valence-electron chi connectivity index (χ1n) is 27.9. The molecule has 18 heteroatoms. The van der Waals surface area contributed by atoms with Crippen molar-refractivity contribution >= 4 is 71.8 Å². The van der Waals surface area contributed by atoms with Crippen LogP contribution in [-0.2, 0) is 22.2 Å². The van der Waals surface area contributed by atoms with E-state index in [1.54, 1.807) is 60.7 Å². The fraction of sp³-hybridized carbons (Fsp3) is 0.139. The molecule has 0 spiro atoms. The molecule has 0 aromatic heterocycles. The fourth-order valence-electron chi connectivity index (χ4n) is 7.34. The topological polar surface area (TPSA) is 269 Å². The Labute approximate surface area is 530 Å². The third-order valence-electron chi connectivity index (χ3n) is 11.4. The molecular formula is C72H81BN7O10. The first kappa shape index (κ1) is 76.9. The van der Waals surface area contributed by atoms with E-state index in [1.165, 1.54) is 86.1 Å². The number of non-ortho nitro benzene ring substituents is 4. The molecule has 9 rings (SSSR count). The lowest BCUT2D eigenvalue weighted by atomic mass is 10.0. The van der Waals surface area contributed by atoms with Gasteiger partial charge in [-0.2, -0.15) is 0 Å². The minimum absolute atomic E-state index is 0.0877. The van der Waals surface area contributed by atoms with Crippen LogP contribution in [0.15, 0.2) is 244 Å². The van der Waals surface area contributed by atoms with Gasteiger partial charge in [0.25, 0.3) is 22.7 Å². The zero-order valence-corrected chi connectivity index (χ0v) is 52.4. The molecular weight excluding hydrogens is 1130 g/mol. The largest absolute Gasteiger partial charge is 0.487 e. The minimum Gasteiger partial charge on any atom is -0.416 e. The number of nitro groups is 4. The van der Waals surface area contributed by atoms with Crippen LogP contribution in [0.3, 0.4) is 0 Å². The van der Waals surface area contributed by atoms with Gasteiger partial charge in [0, 0.05) is 79.8 Å². The summed E-state index contributed by atoms with van der Waals surface area (Å²) in [5, 5.41) is 41.2. The van der Waals surface area contributed by atoms with E-state index in [4.69, 9.17) is 17.2 Å². The number of aryl methyl sites for hydroxylation is 7. The van der Waals surface area contributed by atoms with Gasteiger partial charge in [0.2, 0.25) is 0 Å². The number of hydrogen-bond donors (Lipinski definition) is 3. The number of nitrogens with zero attached hydrogens (tertiary/aromatic N) is 4. The summed E-state index contributed by atoms with van der Waals surface area (Å²) in [6.45, 7) is 22.4. The smallest absolute Gasteiger partial charge is 0.416 e. The highest BCUT2D eigenvalue weighted by molar-refractivity contribution is 6.17. The minimum atomic E-state index is -0.424. The summed E-state index contributed by atoms with van der Waals surface area (Å²) in [5.41, 5.74) is 31.8. The lowest BCUT2D eigenvalue weighted by Crippen LogP contribution is -1.93. The summed E-state index contributed by atoms with van der Waals surface area (Å²) in [6, 6.07) is 66.1. The second kappa shape index (κ2) is 45.3. The predicted octanol–water partition coefficient (Wildman–Crippen LogP) is 18.0. The molecule has 0 heterocycles. The van der Waals surface area contributed by atoms with E-state index in [-0.39, 0.29) is 22.7 Å². The van der Waals surface area contributed by atoms with E-state index in [0.717, 1.165) is 57.6 Å². The first-order chi connectivity index (χ1) is 43.0. The lowest BCUT2D eigenvalue weighted by molar-refractivity contribution is -0.385. The maximum Gasteiger partial charge on any atom is 0.487 e. The number of nitrogens with two attached hydrogens (primary N) is 3. The summed E-state index contributed by atoms with van der Waals surface area (Å²) < 4.78 is 8.69. The van der Waals surface area contributed by atoms with E-state index < -0.39 is 19.7 Å². The van der Waals surface area contributed by atoms with Crippen LogP contribution in [0.4, 0.5) is 39.8 Å². The molecule has 0 unspecified atom stereocenters. The van der Waals surface area contributed by atoms with Gasteiger partial charge in [0.05, 0.1) is 19.7 Å². The maximum atomic E-state index is 10.6. The molecule has 0 aliphatic rings. The van der Waals surface area contributed by atoms with Crippen LogP contribution in [0.2, 0.25) is 0 Å². The molecule has 0 saturated carbocycles. The van der Waals surface area contributed by atoms with Crippen LogP contribution in [0.1, 0.15) is 68.1 Å². The summed E-state index contributed by atoms with van der Waals surface area (Å²) in [6.07, 6.45) is 10.9. The molecule has 9 aromatic rings. The summed E-state index contributed by atoms with van der Waals surface area (Å²) in [7, 11) is 4.31. The number of nitro benzene ring substituents is 4. The van der Waals surface area contributed by atoms with Crippen LogP contribution >= 0.6 is 0 Å². The van der Waals surface area contributed by atoms with E-state index >= 15 is 0 Å². The van der Waals surface area contributed by atoms with Crippen molar-refractivity contribution in [1.29, 1.82) is 0 Å². The van der Waals surface area contributed by atoms with Crippen molar-refractivity contribution in [3.63, 3.8) is 0 Å². The van der Waals surface area contributed by atoms with Gasteiger partial charge < -0.3 is 26.5 Å². The Kier molecular flexibility index (Phi) is 38.7. The second-order valence-electron chi connectivity index (χ2n) is 19.3. The van der Waals surface area contributed by atoms with E-state index in [2.05, 4.69) is 110 Å². The van der Waals surface area contributed by atoms with Gasteiger partial charge in [0.1, 0.15) is 0 Å². The number of anilines is 3. The quantitative estimate of drug-likeness (QED) is 0.0242. The van der Waals surface area contributed by atoms with Crippen molar-refractivity contribution in [2.45, 2.75) is 54.4 Å². The normalized spacial score (nSPS) is 9.42. The third kappa shape index (κ3) is 36.0. The highest BCUT2D eigenvalue weighted by Gasteiger charge is 2.06. The summed E-state index contributed by atoms with van der Waals surface area (Å²) >= 11 is 0. The zero-order chi connectivity index (χ0) is 67.2. The Balaban J connectivity index is 0.000000523. The second-order valence-corrected chi connectivity index (χ2v) is 19.3. The molecule has 9 aromatic carbocycles. The van der Waals surface area contributed by atoms with E-state index in [9.17, 15) is 40.5 Å². The van der Waals surface area contributed by atoms with Crippen molar-refractivity contribution in [2.24, 2.45) is 0 Å². The average Bonchev–Trinajstić information content (AvgIpc) is 3.73. The molecule has 0 bridgehead atoms. The van der Waals surface area contributed by atoms with Crippen molar-refractivity contribution in [3.8, 4) is 0 Å². The monoisotopic (exact) mass is 1210 g/mol. The molecule has 0 amide bonds. The van der Waals surface area contributed by atoms with Gasteiger partial charge in [-0.25, -0.2) is 0 Å². The molecule has 0 atom stereocenters. The Hall–Kier alpha value is -11.1. The molecule has 90 heavy (non-hydrogen) atoms. The molecule has 17 nitrogen and oxygen atoms in total. The molecule has 0 aliphatic heterocycles. The Morgan fingerprint density at radius 2 is 0.644 bits per heavy atom. The maximum absolute atomic E-state index is 10.6. The Morgan fingerprint density at radius 3 is 0.944 bits per heavy atom. The molecule has 0 saturated heterocycles. The van der Waals surface area contributed by atoms with Gasteiger partial charge in [0.15, 0.2) is 0 Å². The van der Waals surface area contributed by atoms with Gasteiger partial charge in [-0.3, -0.25) is 40.5 Å². The van der Waals surface area contributed by atoms with Crippen molar-refractivity contribution in [3.05, 3.63) is 346 Å². The molecule has 0 aliphatic carbocycles. The molecule has 467 valence electrons.